The van der Waals surface area contributed by atoms with Gasteiger partial charge in [-0.15, -0.1) is 0 Å². The molecule has 0 bridgehead atoms. The van der Waals surface area contributed by atoms with Gasteiger partial charge in [0.1, 0.15) is 6.04 Å². The zero-order chi connectivity index (χ0) is 11.8. The molecule has 0 aliphatic carbocycles. The van der Waals surface area contributed by atoms with Crippen molar-refractivity contribution in [2.45, 2.75) is 37.8 Å². The maximum absolute atomic E-state index is 12.5. The molecular weight excluding hydrogens is 236 g/mol. The van der Waals surface area contributed by atoms with Gasteiger partial charge in [-0.1, -0.05) is 0 Å². The van der Waals surface area contributed by atoms with Crippen molar-refractivity contribution in [2.24, 2.45) is 0 Å². The van der Waals surface area contributed by atoms with Gasteiger partial charge in [-0.2, -0.15) is 11.8 Å². The van der Waals surface area contributed by atoms with Crippen LogP contribution in [-0.4, -0.2) is 58.3 Å². The molecule has 3 aliphatic rings. The molecule has 17 heavy (non-hydrogen) atoms. The molecule has 2 amide bonds. The molecule has 0 aromatic carbocycles. The monoisotopic (exact) mass is 254 g/mol. The lowest BCUT2D eigenvalue weighted by atomic mass is 10.1. The van der Waals surface area contributed by atoms with Gasteiger partial charge in [0.2, 0.25) is 11.8 Å². The molecule has 0 aromatic heterocycles. The van der Waals surface area contributed by atoms with Crippen LogP contribution in [0.5, 0.6) is 0 Å². The van der Waals surface area contributed by atoms with Crippen LogP contribution in [0.25, 0.3) is 0 Å². The van der Waals surface area contributed by atoms with Crippen LogP contribution in [0.1, 0.15) is 25.7 Å². The van der Waals surface area contributed by atoms with Crippen molar-refractivity contribution in [2.75, 3.05) is 24.6 Å². The first-order chi connectivity index (χ1) is 8.27. The molecule has 94 valence electrons. The molecule has 0 N–H and O–H groups in total. The van der Waals surface area contributed by atoms with E-state index in [4.69, 9.17) is 0 Å². The lowest BCUT2D eigenvalue weighted by Gasteiger charge is -2.29. The highest BCUT2D eigenvalue weighted by molar-refractivity contribution is 7.99. The lowest BCUT2D eigenvalue weighted by Crippen LogP contribution is -2.47. The molecule has 3 saturated heterocycles. The Morgan fingerprint density at radius 2 is 2.00 bits per heavy atom. The number of carbonyl (C=O) groups excluding carboxylic acids is 2. The highest BCUT2D eigenvalue weighted by atomic mass is 32.2. The van der Waals surface area contributed by atoms with Gasteiger partial charge in [0, 0.05) is 31.3 Å². The summed E-state index contributed by atoms with van der Waals surface area (Å²) in [6.07, 6.45) is 3.46. The van der Waals surface area contributed by atoms with E-state index >= 15 is 0 Å². The maximum Gasteiger partial charge on any atom is 0.245 e. The van der Waals surface area contributed by atoms with Crippen LogP contribution in [-0.2, 0) is 9.59 Å². The normalized spacial score (nSPS) is 34.1. The van der Waals surface area contributed by atoms with E-state index in [2.05, 4.69) is 0 Å². The van der Waals surface area contributed by atoms with Gasteiger partial charge < -0.3 is 9.80 Å². The minimum Gasteiger partial charge on any atom is -0.337 e. The van der Waals surface area contributed by atoms with Crippen molar-refractivity contribution in [1.29, 1.82) is 0 Å². The summed E-state index contributed by atoms with van der Waals surface area (Å²) in [5.74, 6) is 2.58. The third-order valence-electron chi connectivity index (χ3n) is 4.05. The summed E-state index contributed by atoms with van der Waals surface area (Å²) >= 11 is 1.92. The Bertz CT molecular complexity index is 341. The summed E-state index contributed by atoms with van der Waals surface area (Å²) in [5.41, 5.74) is 0. The topological polar surface area (TPSA) is 40.6 Å². The third-order valence-corrected chi connectivity index (χ3v) is 5.20. The van der Waals surface area contributed by atoms with Crippen LogP contribution in [0.2, 0.25) is 0 Å². The van der Waals surface area contributed by atoms with E-state index in [9.17, 15) is 9.59 Å². The maximum atomic E-state index is 12.5. The zero-order valence-electron chi connectivity index (χ0n) is 9.93. The molecule has 5 heteroatoms. The minimum absolute atomic E-state index is 0.143. The number of hydrogen-bond donors (Lipinski definition) is 0. The summed E-state index contributed by atoms with van der Waals surface area (Å²) in [7, 11) is 0. The second kappa shape index (κ2) is 4.52. The fourth-order valence-electron chi connectivity index (χ4n) is 3.11. The Labute approximate surface area is 106 Å². The first kappa shape index (κ1) is 11.4. The molecule has 0 saturated carbocycles. The van der Waals surface area contributed by atoms with E-state index in [1.54, 1.807) is 0 Å². The second-order valence-corrected chi connectivity index (χ2v) is 6.19. The average molecular weight is 254 g/mol. The Hall–Kier alpha value is -0.710. The van der Waals surface area contributed by atoms with Gasteiger partial charge in [0.25, 0.3) is 0 Å². The molecule has 3 aliphatic heterocycles. The summed E-state index contributed by atoms with van der Waals surface area (Å²) in [6.45, 7) is 1.42. The van der Waals surface area contributed by atoms with Gasteiger partial charge in [-0.05, 0) is 25.0 Å². The number of nitrogens with zero attached hydrogens (tertiary/aromatic N) is 2. The number of thioether (sulfide) groups is 1. The van der Waals surface area contributed by atoms with Crippen molar-refractivity contribution >= 4 is 23.6 Å². The number of rotatable bonds is 1. The molecule has 0 radical (unpaired) electrons. The molecule has 0 spiro atoms. The van der Waals surface area contributed by atoms with Crippen molar-refractivity contribution in [1.82, 2.24) is 9.80 Å². The lowest BCUT2D eigenvalue weighted by molar-refractivity contribution is -0.140. The van der Waals surface area contributed by atoms with E-state index in [0.717, 1.165) is 37.3 Å². The van der Waals surface area contributed by atoms with Gasteiger partial charge in [0.15, 0.2) is 0 Å². The summed E-state index contributed by atoms with van der Waals surface area (Å²) < 4.78 is 0. The highest BCUT2D eigenvalue weighted by Crippen LogP contribution is 2.28. The van der Waals surface area contributed by atoms with Crippen LogP contribution in [0.3, 0.4) is 0 Å². The van der Waals surface area contributed by atoms with E-state index in [0.29, 0.717) is 19.0 Å². The summed E-state index contributed by atoms with van der Waals surface area (Å²) in [6, 6.07) is 0.233. The Balaban J connectivity index is 1.81. The van der Waals surface area contributed by atoms with Crippen LogP contribution < -0.4 is 0 Å². The smallest absolute Gasteiger partial charge is 0.245 e. The van der Waals surface area contributed by atoms with Crippen LogP contribution >= 0.6 is 11.8 Å². The van der Waals surface area contributed by atoms with Crippen molar-refractivity contribution < 1.29 is 9.59 Å². The van der Waals surface area contributed by atoms with E-state index in [1.807, 2.05) is 21.6 Å². The Morgan fingerprint density at radius 1 is 1.12 bits per heavy atom. The molecule has 2 unspecified atom stereocenters. The zero-order valence-corrected chi connectivity index (χ0v) is 10.7. The fourth-order valence-corrected chi connectivity index (χ4v) is 4.34. The van der Waals surface area contributed by atoms with E-state index in [1.165, 1.54) is 0 Å². The molecular formula is C12H18N2O2S. The Morgan fingerprint density at radius 3 is 2.76 bits per heavy atom. The number of carbonyl (C=O) groups is 2. The van der Waals surface area contributed by atoms with Crippen LogP contribution in [0.4, 0.5) is 0 Å². The highest BCUT2D eigenvalue weighted by Gasteiger charge is 2.41. The first-order valence-corrected chi connectivity index (χ1v) is 7.60. The molecule has 4 nitrogen and oxygen atoms in total. The third kappa shape index (κ3) is 1.94. The molecule has 3 rings (SSSR count). The van der Waals surface area contributed by atoms with Gasteiger partial charge in [-0.3, -0.25) is 9.59 Å². The van der Waals surface area contributed by atoms with E-state index in [-0.39, 0.29) is 17.9 Å². The predicted molar refractivity (Wildman–Crippen MR) is 66.8 cm³/mol. The number of hydrogen-bond acceptors (Lipinski definition) is 3. The second-order valence-electron chi connectivity index (χ2n) is 5.04. The number of amides is 2. The first-order valence-electron chi connectivity index (χ1n) is 6.45. The van der Waals surface area contributed by atoms with E-state index < -0.39 is 0 Å². The van der Waals surface area contributed by atoms with Crippen LogP contribution in [0, 0.1) is 0 Å². The van der Waals surface area contributed by atoms with Crippen molar-refractivity contribution in [3.05, 3.63) is 0 Å². The van der Waals surface area contributed by atoms with Gasteiger partial charge in [0.05, 0.1) is 0 Å². The predicted octanol–water partition coefficient (Wildman–Crippen LogP) is 0.715. The molecule has 3 fully saturated rings. The Kier molecular flexibility index (Phi) is 3.03. The van der Waals surface area contributed by atoms with Crippen molar-refractivity contribution in [3.63, 3.8) is 0 Å². The number of fused-ring (bicyclic) bond motifs is 1. The summed E-state index contributed by atoms with van der Waals surface area (Å²) in [4.78, 5) is 28.2. The largest absolute Gasteiger partial charge is 0.337 e. The fraction of sp³-hybridized carbons (Fsp3) is 0.833. The van der Waals surface area contributed by atoms with Gasteiger partial charge >= 0.3 is 0 Å². The minimum atomic E-state index is -0.143. The molecule has 3 heterocycles. The van der Waals surface area contributed by atoms with Crippen LogP contribution in [0.15, 0.2) is 0 Å². The van der Waals surface area contributed by atoms with Crippen molar-refractivity contribution in [3.8, 4) is 0 Å². The summed E-state index contributed by atoms with van der Waals surface area (Å²) in [5, 5.41) is 0. The SMILES string of the molecule is O=C1C2CCCN2C(=O)CCN1C1CCSC1. The average Bonchev–Trinajstić information content (AvgIpc) is 2.98. The van der Waals surface area contributed by atoms with Gasteiger partial charge in [-0.25, -0.2) is 0 Å². The standard InChI is InChI=1S/C12H18N2O2S/c15-11-3-6-13(9-4-7-17-8-9)12(16)10-2-1-5-14(10)11/h9-10H,1-8H2. The molecule has 2 atom stereocenters. The molecule has 0 aromatic rings. The quantitative estimate of drug-likeness (QED) is 0.692.